The highest BCUT2D eigenvalue weighted by atomic mass is 19.2. The predicted octanol–water partition coefficient (Wildman–Crippen LogP) is 1.39. The summed E-state index contributed by atoms with van der Waals surface area (Å²) in [5.41, 5.74) is 5.04. The normalized spacial score (nSPS) is 12.3. The Morgan fingerprint density at radius 2 is 1.80 bits per heavy atom. The summed E-state index contributed by atoms with van der Waals surface area (Å²) < 4.78 is 37.9. The van der Waals surface area contributed by atoms with Crippen molar-refractivity contribution < 1.29 is 18.0 Å². The third kappa shape index (κ3) is 2.69. The molecule has 0 saturated heterocycles. The number of benzene rings is 1. The minimum absolute atomic E-state index is 0.172. The van der Waals surface area contributed by atoms with Gasteiger partial charge in [0.2, 0.25) is 5.91 Å². The lowest BCUT2D eigenvalue weighted by Gasteiger charge is -2.08. The van der Waals surface area contributed by atoms with Gasteiger partial charge in [-0.05, 0) is 6.92 Å². The molecule has 1 rings (SSSR count). The fourth-order valence-electron chi connectivity index (χ4n) is 0.884. The number of carbonyl (C=O) groups excluding carboxylic acids is 1. The summed E-state index contributed by atoms with van der Waals surface area (Å²) in [4.78, 5) is 11.0. The van der Waals surface area contributed by atoms with Crippen LogP contribution in [0.2, 0.25) is 0 Å². The molecule has 6 heteroatoms. The van der Waals surface area contributed by atoms with E-state index in [4.69, 9.17) is 5.73 Å². The number of carbonyl (C=O) groups is 1. The van der Waals surface area contributed by atoms with Crippen molar-refractivity contribution in [3.05, 3.63) is 29.6 Å². The smallest absolute Gasteiger partial charge is 0.241 e. The predicted molar refractivity (Wildman–Crippen MR) is 48.6 cm³/mol. The molecule has 0 aromatic heterocycles. The lowest BCUT2D eigenvalue weighted by atomic mass is 10.2. The van der Waals surface area contributed by atoms with Gasteiger partial charge < -0.3 is 11.1 Å². The van der Waals surface area contributed by atoms with Gasteiger partial charge in [0.1, 0.15) is 0 Å². The van der Waals surface area contributed by atoms with Crippen LogP contribution in [0, 0.1) is 17.5 Å². The fourth-order valence-corrected chi connectivity index (χ4v) is 0.884. The van der Waals surface area contributed by atoms with Gasteiger partial charge >= 0.3 is 0 Å². The van der Waals surface area contributed by atoms with Crippen LogP contribution in [-0.4, -0.2) is 11.9 Å². The van der Waals surface area contributed by atoms with Crippen molar-refractivity contribution in [3.63, 3.8) is 0 Å². The quantitative estimate of drug-likeness (QED) is 0.737. The number of halogens is 3. The molecule has 1 aromatic rings. The third-order valence-corrected chi connectivity index (χ3v) is 1.66. The Hall–Kier alpha value is -1.56. The molecule has 0 saturated carbocycles. The first kappa shape index (κ1) is 11.5. The molecule has 82 valence electrons. The summed E-state index contributed by atoms with van der Waals surface area (Å²) in [6.45, 7) is 1.41. The second-order valence-corrected chi connectivity index (χ2v) is 3.03. The van der Waals surface area contributed by atoms with Crippen LogP contribution in [0.3, 0.4) is 0 Å². The minimum atomic E-state index is -1.58. The highest BCUT2D eigenvalue weighted by molar-refractivity contribution is 5.94. The summed E-state index contributed by atoms with van der Waals surface area (Å²) >= 11 is 0. The van der Waals surface area contributed by atoms with Crippen LogP contribution >= 0.6 is 0 Å². The van der Waals surface area contributed by atoms with Crippen molar-refractivity contribution in [2.24, 2.45) is 5.73 Å². The molecule has 3 nitrogen and oxygen atoms in total. The number of nitrogens with two attached hydrogens (primary N) is 1. The van der Waals surface area contributed by atoms with Crippen LogP contribution in [-0.2, 0) is 4.79 Å². The van der Waals surface area contributed by atoms with E-state index < -0.39 is 29.4 Å². The van der Waals surface area contributed by atoms with Crippen LogP contribution in [0.1, 0.15) is 6.92 Å². The fraction of sp³-hybridized carbons (Fsp3) is 0.222. The SMILES string of the molecule is CC(N)C(=O)Nc1cc(F)c(F)c(F)c1. The Morgan fingerprint density at radius 3 is 2.20 bits per heavy atom. The van der Waals surface area contributed by atoms with Crippen molar-refractivity contribution in [1.82, 2.24) is 0 Å². The maximum absolute atomic E-state index is 12.7. The molecule has 0 spiro atoms. The first-order chi connectivity index (χ1) is 6.91. The first-order valence-electron chi connectivity index (χ1n) is 4.13. The van der Waals surface area contributed by atoms with Gasteiger partial charge in [-0.25, -0.2) is 13.2 Å². The summed E-state index contributed by atoms with van der Waals surface area (Å²) in [6.07, 6.45) is 0. The van der Waals surface area contributed by atoms with E-state index in [0.29, 0.717) is 12.1 Å². The van der Waals surface area contributed by atoms with Crippen molar-refractivity contribution in [2.75, 3.05) is 5.32 Å². The lowest BCUT2D eigenvalue weighted by Crippen LogP contribution is -2.32. The maximum Gasteiger partial charge on any atom is 0.241 e. The minimum Gasteiger partial charge on any atom is -0.325 e. The summed E-state index contributed by atoms with van der Waals surface area (Å²) in [7, 11) is 0. The van der Waals surface area contributed by atoms with E-state index in [1.165, 1.54) is 6.92 Å². The number of hydrogen-bond acceptors (Lipinski definition) is 2. The molecule has 0 aliphatic carbocycles. The van der Waals surface area contributed by atoms with Gasteiger partial charge in [-0.2, -0.15) is 0 Å². The van der Waals surface area contributed by atoms with Crippen LogP contribution in [0.25, 0.3) is 0 Å². The molecule has 0 fully saturated rings. The topological polar surface area (TPSA) is 55.1 Å². The van der Waals surface area contributed by atoms with E-state index in [9.17, 15) is 18.0 Å². The largest absolute Gasteiger partial charge is 0.325 e. The Kier molecular flexibility index (Phi) is 3.31. The average Bonchev–Trinajstić information content (AvgIpc) is 2.13. The third-order valence-electron chi connectivity index (χ3n) is 1.66. The number of rotatable bonds is 2. The zero-order valence-corrected chi connectivity index (χ0v) is 7.85. The molecular formula is C9H9F3N2O. The molecule has 0 bridgehead atoms. The first-order valence-corrected chi connectivity index (χ1v) is 4.13. The van der Waals surface area contributed by atoms with E-state index >= 15 is 0 Å². The number of amides is 1. The summed E-state index contributed by atoms with van der Waals surface area (Å²) in [5, 5.41) is 2.14. The number of anilines is 1. The van der Waals surface area contributed by atoms with E-state index in [1.807, 2.05) is 0 Å². The van der Waals surface area contributed by atoms with E-state index in [-0.39, 0.29) is 5.69 Å². The van der Waals surface area contributed by atoms with Crippen molar-refractivity contribution in [1.29, 1.82) is 0 Å². The lowest BCUT2D eigenvalue weighted by molar-refractivity contribution is -0.117. The van der Waals surface area contributed by atoms with Gasteiger partial charge in [-0.15, -0.1) is 0 Å². The van der Waals surface area contributed by atoms with Gasteiger partial charge in [-0.1, -0.05) is 0 Å². The van der Waals surface area contributed by atoms with E-state index in [0.717, 1.165) is 0 Å². The van der Waals surface area contributed by atoms with Gasteiger partial charge in [0.25, 0.3) is 0 Å². The van der Waals surface area contributed by atoms with Gasteiger partial charge in [-0.3, -0.25) is 4.79 Å². The average molecular weight is 218 g/mol. The van der Waals surface area contributed by atoms with Crippen molar-refractivity contribution in [2.45, 2.75) is 13.0 Å². The summed E-state index contributed by atoms with van der Waals surface area (Å²) in [6, 6.07) is 0.540. The molecule has 3 N–H and O–H groups in total. The highest BCUT2D eigenvalue weighted by Gasteiger charge is 2.13. The zero-order valence-electron chi connectivity index (χ0n) is 7.85. The molecule has 0 aliphatic heterocycles. The highest BCUT2D eigenvalue weighted by Crippen LogP contribution is 2.17. The van der Waals surface area contributed by atoms with Crippen LogP contribution < -0.4 is 11.1 Å². The van der Waals surface area contributed by atoms with Gasteiger partial charge in [0, 0.05) is 17.8 Å². The summed E-state index contributed by atoms with van der Waals surface area (Å²) in [5.74, 6) is -4.92. The van der Waals surface area contributed by atoms with Crippen molar-refractivity contribution in [3.8, 4) is 0 Å². The van der Waals surface area contributed by atoms with Crippen molar-refractivity contribution >= 4 is 11.6 Å². The molecule has 0 aliphatic rings. The zero-order chi connectivity index (χ0) is 11.6. The maximum atomic E-state index is 12.7. The Labute approximate surface area is 84.1 Å². The second-order valence-electron chi connectivity index (χ2n) is 3.03. The molecular weight excluding hydrogens is 209 g/mol. The number of nitrogens with one attached hydrogen (secondary N) is 1. The molecule has 0 radical (unpaired) electrons. The van der Waals surface area contributed by atoms with E-state index in [2.05, 4.69) is 5.32 Å². The molecule has 0 heterocycles. The van der Waals surface area contributed by atoms with Crippen LogP contribution in [0.5, 0.6) is 0 Å². The van der Waals surface area contributed by atoms with Crippen LogP contribution in [0.15, 0.2) is 12.1 Å². The Bertz CT molecular complexity index is 370. The van der Waals surface area contributed by atoms with E-state index in [1.54, 1.807) is 0 Å². The van der Waals surface area contributed by atoms with Gasteiger partial charge in [0.15, 0.2) is 17.5 Å². The molecule has 1 amide bonds. The molecule has 1 aromatic carbocycles. The van der Waals surface area contributed by atoms with Crippen LogP contribution in [0.4, 0.5) is 18.9 Å². The number of hydrogen-bond donors (Lipinski definition) is 2. The molecule has 1 atom stereocenters. The standard InChI is InChI=1S/C9H9F3N2O/c1-4(13)9(15)14-5-2-6(10)8(12)7(11)3-5/h2-4H,13H2,1H3,(H,14,15). The molecule has 15 heavy (non-hydrogen) atoms. The molecule has 1 unspecified atom stereocenters. The second kappa shape index (κ2) is 4.31. The monoisotopic (exact) mass is 218 g/mol. The Balaban J connectivity index is 2.93. The Morgan fingerprint density at radius 1 is 1.33 bits per heavy atom. The van der Waals surface area contributed by atoms with Gasteiger partial charge in [0.05, 0.1) is 6.04 Å².